The van der Waals surface area contributed by atoms with Gasteiger partial charge in [-0.05, 0) is 30.7 Å². The number of amides is 2. The van der Waals surface area contributed by atoms with Gasteiger partial charge in [0.2, 0.25) is 0 Å². The fraction of sp³-hybridized carbons (Fsp3) is 0.118. The Hall–Kier alpha value is -2.77. The summed E-state index contributed by atoms with van der Waals surface area (Å²) in [6.45, 7) is 1.98. The lowest BCUT2D eigenvalue weighted by Gasteiger charge is -2.07. The molecule has 3 N–H and O–H groups in total. The molecule has 2 amide bonds. The molecule has 1 aromatic carbocycles. The highest BCUT2D eigenvalue weighted by Gasteiger charge is 2.21. The van der Waals surface area contributed by atoms with Crippen molar-refractivity contribution in [3.05, 3.63) is 75.3 Å². The molecule has 134 valence electrons. The average Bonchev–Trinajstić information content (AvgIpc) is 3.24. The van der Waals surface area contributed by atoms with Crippen molar-refractivity contribution in [3.63, 3.8) is 0 Å². The summed E-state index contributed by atoms with van der Waals surface area (Å²) in [7, 11) is 0. The number of hydrogen-bond donors (Lipinski definition) is 3. The monoisotopic (exact) mass is 391 g/mol. The minimum absolute atomic E-state index is 0.161. The molecule has 0 atom stereocenters. The predicted molar refractivity (Wildman–Crippen MR) is 98.3 cm³/mol. The van der Waals surface area contributed by atoms with E-state index in [2.05, 4.69) is 20.9 Å². The average molecular weight is 392 g/mol. The Labute approximate surface area is 159 Å². The van der Waals surface area contributed by atoms with E-state index in [4.69, 9.17) is 23.2 Å². The molecular formula is C17H15Cl2N5O2. The summed E-state index contributed by atoms with van der Waals surface area (Å²) in [6, 6.07) is 10.6. The molecule has 7 nitrogen and oxygen atoms in total. The number of nitrogens with zero attached hydrogens (tertiary/aromatic N) is 2. The molecule has 0 bridgehead atoms. The first kappa shape index (κ1) is 18.0. The fourth-order valence-electron chi connectivity index (χ4n) is 2.42. The molecule has 0 saturated heterocycles. The highest BCUT2D eigenvalue weighted by Crippen LogP contribution is 2.23. The molecule has 0 unspecified atom stereocenters. The normalized spacial score (nSPS) is 10.6. The maximum atomic E-state index is 12.4. The molecule has 26 heavy (non-hydrogen) atoms. The number of carbonyl (C=O) groups excluding carboxylic acids is 2. The van der Waals surface area contributed by atoms with Crippen LogP contribution in [0.5, 0.6) is 0 Å². The lowest BCUT2D eigenvalue weighted by atomic mass is 10.2. The number of rotatable bonds is 4. The van der Waals surface area contributed by atoms with Crippen molar-refractivity contribution in [3.8, 4) is 0 Å². The minimum Gasteiger partial charge on any atom is -0.357 e. The van der Waals surface area contributed by atoms with Gasteiger partial charge in [-0.3, -0.25) is 20.4 Å². The van der Waals surface area contributed by atoms with Crippen molar-refractivity contribution >= 4 is 35.0 Å². The molecule has 0 aliphatic heterocycles. The lowest BCUT2D eigenvalue weighted by Crippen LogP contribution is -2.42. The molecular weight excluding hydrogens is 377 g/mol. The van der Waals surface area contributed by atoms with Gasteiger partial charge in [-0.15, -0.1) is 0 Å². The van der Waals surface area contributed by atoms with Crippen molar-refractivity contribution in [2.24, 2.45) is 0 Å². The van der Waals surface area contributed by atoms with Gasteiger partial charge in [0, 0.05) is 11.2 Å². The number of hydrogen-bond acceptors (Lipinski definition) is 3. The molecule has 3 rings (SSSR count). The van der Waals surface area contributed by atoms with Crippen LogP contribution in [0.3, 0.4) is 0 Å². The summed E-state index contributed by atoms with van der Waals surface area (Å²) >= 11 is 12.5. The largest absolute Gasteiger partial charge is 0.357 e. The van der Waals surface area contributed by atoms with Crippen molar-refractivity contribution < 1.29 is 9.59 Å². The molecule has 0 radical (unpaired) electrons. The van der Waals surface area contributed by atoms with Gasteiger partial charge in [0.1, 0.15) is 16.4 Å². The zero-order chi connectivity index (χ0) is 18.7. The van der Waals surface area contributed by atoms with E-state index in [0.29, 0.717) is 23.0 Å². The highest BCUT2D eigenvalue weighted by molar-refractivity contribution is 6.33. The van der Waals surface area contributed by atoms with Crippen LogP contribution in [0.2, 0.25) is 10.2 Å². The summed E-state index contributed by atoms with van der Waals surface area (Å²) in [6.07, 6.45) is 1.61. The number of carbonyl (C=O) groups is 2. The van der Waals surface area contributed by atoms with Gasteiger partial charge in [-0.2, -0.15) is 5.10 Å². The van der Waals surface area contributed by atoms with Crippen molar-refractivity contribution in [1.82, 2.24) is 25.6 Å². The van der Waals surface area contributed by atoms with Crippen LogP contribution in [-0.2, 0) is 6.54 Å². The Balaban J connectivity index is 1.74. The number of aromatic nitrogens is 3. The van der Waals surface area contributed by atoms with E-state index in [9.17, 15) is 9.59 Å². The third kappa shape index (κ3) is 3.74. The summed E-state index contributed by atoms with van der Waals surface area (Å²) in [5, 5.41) is 5.04. The zero-order valence-electron chi connectivity index (χ0n) is 13.7. The molecule has 0 aliphatic rings. The third-order valence-corrected chi connectivity index (χ3v) is 4.46. The first-order valence-corrected chi connectivity index (χ1v) is 8.43. The number of nitrogens with one attached hydrogen (secondary N) is 3. The second kappa shape index (κ2) is 7.63. The van der Waals surface area contributed by atoms with Gasteiger partial charge >= 0.3 is 0 Å². The number of aryl methyl sites for hydroxylation is 1. The molecule has 0 saturated carbocycles. The Bertz CT molecular complexity index is 950. The number of benzene rings is 1. The van der Waals surface area contributed by atoms with E-state index in [0.717, 1.165) is 5.56 Å². The quantitative estimate of drug-likeness (QED) is 0.597. The first-order chi connectivity index (χ1) is 12.5. The van der Waals surface area contributed by atoms with Crippen molar-refractivity contribution in [2.75, 3.05) is 0 Å². The molecule has 0 fully saturated rings. The van der Waals surface area contributed by atoms with Gasteiger partial charge in [0.15, 0.2) is 0 Å². The Morgan fingerprint density at radius 3 is 2.54 bits per heavy atom. The lowest BCUT2D eigenvalue weighted by molar-refractivity contribution is 0.0844. The number of halogens is 2. The third-order valence-electron chi connectivity index (χ3n) is 3.70. The maximum absolute atomic E-state index is 12.4. The van der Waals surface area contributed by atoms with Gasteiger partial charge in [0.25, 0.3) is 11.8 Å². The minimum atomic E-state index is -0.558. The van der Waals surface area contributed by atoms with E-state index in [1.54, 1.807) is 31.3 Å². The SMILES string of the molecule is Cc1nn(Cc2ccccc2Cl)c(Cl)c1C(=O)NNC(=O)c1ccc[nH]1. The molecule has 2 heterocycles. The summed E-state index contributed by atoms with van der Waals surface area (Å²) in [5.41, 5.74) is 6.42. The summed E-state index contributed by atoms with van der Waals surface area (Å²) < 4.78 is 1.49. The molecule has 2 aromatic heterocycles. The van der Waals surface area contributed by atoms with E-state index >= 15 is 0 Å². The first-order valence-electron chi connectivity index (χ1n) is 7.67. The van der Waals surface area contributed by atoms with Gasteiger partial charge in [-0.25, -0.2) is 4.68 Å². The van der Waals surface area contributed by atoms with E-state index < -0.39 is 11.8 Å². The second-order valence-electron chi connectivity index (χ2n) is 5.49. The van der Waals surface area contributed by atoms with Crippen LogP contribution in [-0.4, -0.2) is 26.6 Å². The standard InChI is InChI=1S/C17H15Cl2N5O2/c1-10-14(17(26)22-21-16(25)13-7-4-8-20-13)15(19)24(23-10)9-11-5-2-3-6-12(11)18/h2-8,20H,9H2,1H3,(H,21,25)(H,22,26). The second-order valence-corrected chi connectivity index (χ2v) is 6.26. The summed E-state index contributed by atoms with van der Waals surface area (Å²) in [4.78, 5) is 27.0. The smallest absolute Gasteiger partial charge is 0.286 e. The topological polar surface area (TPSA) is 91.8 Å². The van der Waals surface area contributed by atoms with Crippen LogP contribution < -0.4 is 10.9 Å². The molecule has 0 aliphatic carbocycles. The van der Waals surface area contributed by atoms with Crippen LogP contribution in [0.1, 0.15) is 32.1 Å². The van der Waals surface area contributed by atoms with Gasteiger partial charge < -0.3 is 4.98 Å². The Morgan fingerprint density at radius 2 is 1.85 bits per heavy atom. The zero-order valence-corrected chi connectivity index (χ0v) is 15.2. The van der Waals surface area contributed by atoms with Crippen LogP contribution in [0, 0.1) is 6.92 Å². The highest BCUT2D eigenvalue weighted by atomic mass is 35.5. The molecule has 3 aromatic rings. The number of aromatic amines is 1. The maximum Gasteiger partial charge on any atom is 0.286 e. The molecule has 9 heteroatoms. The number of hydrazine groups is 1. The Kier molecular flexibility index (Phi) is 5.29. The van der Waals surface area contributed by atoms with E-state index in [1.807, 2.05) is 18.2 Å². The van der Waals surface area contributed by atoms with Crippen molar-refractivity contribution in [1.29, 1.82) is 0 Å². The van der Waals surface area contributed by atoms with Crippen LogP contribution in [0.15, 0.2) is 42.6 Å². The fourth-order valence-corrected chi connectivity index (χ4v) is 2.93. The van der Waals surface area contributed by atoms with E-state index in [-0.39, 0.29) is 10.7 Å². The van der Waals surface area contributed by atoms with Crippen molar-refractivity contribution in [2.45, 2.75) is 13.5 Å². The molecule has 0 spiro atoms. The van der Waals surface area contributed by atoms with Crippen LogP contribution in [0.4, 0.5) is 0 Å². The van der Waals surface area contributed by atoms with E-state index in [1.165, 1.54) is 4.68 Å². The number of H-pyrrole nitrogens is 1. The summed E-state index contributed by atoms with van der Waals surface area (Å²) in [5.74, 6) is -1.03. The Morgan fingerprint density at radius 1 is 1.12 bits per heavy atom. The van der Waals surface area contributed by atoms with Gasteiger partial charge in [-0.1, -0.05) is 41.4 Å². The predicted octanol–water partition coefficient (Wildman–Crippen LogP) is 2.95. The van der Waals surface area contributed by atoms with Crippen LogP contribution in [0.25, 0.3) is 0 Å². The van der Waals surface area contributed by atoms with Crippen LogP contribution >= 0.6 is 23.2 Å². The van der Waals surface area contributed by atoms with Gasteiger partial charge in [0.05, 0.1) is 12.2 Å².